The molecular formula is C19H34N2O3. The molecule has 0 radical (unpaired) electrons. The molecule has 5 heteroatoms. The van der Waals surface area contributed by atoms with Gasteiger partial charge in [0.2, 0.25) is 11.8 Å². The van der Waals surface area contributed by atoms with Crippen molar-refractivity contribution in [3.63, 3.8) is 0 Å². The summed E-state index contributed by atoms with van der Waals surface area (Å²) < 4.78 is 0. The van der Waals surface area contributed by atoms with Gasteiger partial charge in [-0.3, -0.25) is 9.59 Å². The number of carbonyl (C=O) groups excluding carboxylic acids is 2. The highest BCUT2D eigenvalue weighted by Gasteiger charge is 2.25. The minimum absolute atomic E-state index is 0.0211. The van der Waals surface area contributed by atoms with E-state index in [1.807, 2.05) is 11.8 Å². The van der Waals surface area contributed by atoms with Gasteiger partial charge in [-0.05, 0) is 38.5 Å². The standard InChI is InChI=1S/C19H34N2O3/c1-15(22)16-11-13-21(14-12-16)19(24)10-9-18(23)20-17-7-5-3-2-4-6-8-17/h15-17,22H,2-14H2,1H3,(H,20,23). The summed E-state index contributed by atoms with van der Waals surface area (Å²) in [6, 6.07) is 0.301. The van der Waals surface area contributed by atoms with Gasteiger partial charge < -0.3 is 15.3 Å². The molecule has 1 heterocycles. The monoisotopic (exact) mass is 338 g/mol. The van der Waals surface area contributed by atoms with Crippen LogP contribution in [-0.2, 0) is 9.59 Å². The fraction of sp³-hybridized carbons (Fsp3) is 0.895. The smallest absolute Gasteiger partial charge is 0.223 e. The van der Waals surface area contributed by atoms with E-state index < -0.39 is 0 Å². The Morgan fingerprint density at radius 2 is 1.58 bits per heavy atom. The summed E-state index contributed by atoms with van der Waals surface area (Å²) in [5.74, 6) is 0.399. The van der Waals surface area contributed by atoms with Crippen molar-refractivity contribution in [3.8, 4) is 0 Å². The van der Waals surface area contributed by atoms with Crippen molar-refractivity contribution in [3.05, 3.63) is 0 Å². The summed E-state index contributed by atoms with van der Waals surface area (Å²) in [5, 5.41) is 12.7. The van der Waals surface area contributed by atoms with Crippen LogP contribution in [0, 0.1) is 5.92 Å². The van der Waals surface area contributed by atoms with Gasteiger partial charge in [-0.25, -0.2) is 0 Å². The molecule has 1 unspecified atom stereocenters. The lowest BCUT2D eigenvalue weighted by molar-refractivity contribution is -0.135. The Labute approximate surface area is 146 Å². The number of hydrogen-bond donors (Lipinski definition) is 2. The number of carbonyl (C=O) groups is 2. The highest BCUT2D eigenvalue weighted by molar-refractivity contribution is 5.83. The van der Waals surface area contributed by atoms with Crippen LogP contribution in [0.1, 0.15) is 77.6 Å². The minimum atomic E-state index is -0.295. The van der Waals surface area contributed by atoms with E-state index in [1.165, 1.54) is 32.1 Å². The fourth-order valence-corrected chi connectivity index (χ4v) is 3.91. The second-order valence-electron chi connectivity index (χ2n) is 7.57. The van der Waals surface area contributed by atoms with E-state index in [0.717, 1.165) is 25.7 Å². The van der Waals surface area contributed by atoms with Gasteiger partial charge in [0.25, 0.3) is 0 Å². The quantitative estimate of drug-likeness (QED) is 0.809. The predicted molar refractivity (Wildman–Crippen MR) is 94.5 cm³/mol. The molecule has 5 nitrogen and oxygen atoms in total. The van der Waals surface area contributed by atoms with Crippen molar-refractivity contribution in [1.29, 1.82) is 0 Å². The number of nitrogens with zero attached hydrogens (tertiary/aromatic N) is 1. The molecule has 2 aliphatic rings. The summed E-state index contributed by atoms with van der Waals surface area (Å²) in [6.45, 7) is 3.24. The van der Waals surface area contributed by atoms with Crippen LogP contribution >= 0.6 is 0 Å². The first-order chi connectivity index (χ1) is 11.6. The number of piperidine rings is 1. The predicted octanol–water partition coefficient (Wildman–Crippen LogP) is 2.62. The Kier molecular flexibility index (Phi) is 8.03. The molecule has 2 rings (SSSR count). The number of aliphatic hydroxyl groups excluding tert-OH is 1. The summed E-state index contributed by atoms with van der Waals surface area (Å²) >= 11 is 0. The van der Waals surface area contributed by atoms with Crippen LogP contribution in [0.25, 0.3) is 0 Å². The van der Waals surface area contributed by atoms with E-state index >= 15 is 0 Å². The number of hydrogen-bond acceptors (Lipinski definition) is 3. The van der Waals surface area contributed by atoms with Crippen LogP contribution < -0.4 is 5.32 Å². The third-order valence-corrected chi connectivity index (χ3v) is 5.61. The maximum Gasteiger partial charge on any atom is 0.223 e. The Bertz CT molecular complexity index is 395. The molecule has 2 amide bonds. The van der Waals surface area contributed by atoms with Crippen molar-refractivity contribution in [2.24, 2.45) is 5.92 Å². The molecule has 138 valence electrons. The highest BCUT2D eigenvalue weighted by atomic mass is 16.3. The van der Waals surface area contributed by atoms with Gasteiger partial charge >= 0.3 is 0 Å². The largest absolute Gasteiger partial charge is 0.393 e. The first-order valence-electron chi connectivity index (χ1n) is 9.81. The average Bonchev–Trinajstić information content (AvgIpc) is 2.55. The molecule has 1 atom stereocenters. The first kappa shape index (κ1) is 19.2. The SMILES string of the molecule is CC(O)C1CCN(C(=O)CCC(=O)NC2CCCCCCC2)CC1. The lowest BCUT2D eigenvalue weighted by Crippen LogP contribution is -2.41. The minimum Gasteiger partial charge on any atom is -0.393 e. The second kappa shape index (κ2) is 10.0. The van der Waals surface area contributed by atoms with Crippen LogP contribution in [0.2, 0.25) is 0 Å². The van der Waals surface area contributed by atoms with Crippen molar-refractivity contribution in [1.82, 2.24) is 10.2 Å². The lowest BCUT2D eigenvalue weighted by atomic mass is 9.92. The molecule has 0 spiro atoms. The Hall–Kier alpha value is -1.10. The molecule has 1 aliphatic heterocycles. The molecule has 1 aliphatic carbocycles. The van der Waals surface area contributed by atoms with Crippen LogP contribution in [0.15, 0.2) is 0 Å². The zero-order chi connectivity index (χ0) is 17.4. The Balaban J connectivity index is 1.65. The number of rotatable bonds is 5. The first-order valence-corrected chi connectivity index (χ1v) is 9.81. The zero-order valence-corrected chi connectivity index (χ0v) is 15.1. The van der Waals surface area contributed by atoms with Crippen molar-refractivity contribution in [2.75, 3.05) is 13.1 Å². The van der Waals surface area contributed by atoms with Crippen LogP contribution in [0.4, 0.5) is 0 Å². The van der Waals surface area contributed by atoms with E-state index in [0.29, 0.717) is 37.9 Å². The molecule has 24 heavy (non-hydrogen) atoms. The fourth-order valence-electron chi connectivity index (χ4n) is 3.91. The number of likely N-dealkylation sites (tertiary alicyclic amines) is 1. The summed E-state index contributed by atoms with van der Waals surface area (Å²) in [5.41, 5.74) is 0. The van der Waals surface area contributed by atoms with Crippen LogP contribution in [0.5, 0.6) is 0 Å². The van der Waals surface area contributed by atoms with Gasteiger partial charge in [0, 0.05) is 32.0 Å². The normalized spacial score (nSPS) is 22.5. The Morgan fingerprint density at radius 1 is 1.00 bits per heavy atom. The topological polar surface area (TPSA) is 69.6 Å². The summed E-state index contributed by atoms with van der Waals surface area (Å²) in [7, 11) is 0. The maximum absolute atomic E-state index is 12.3. The highest BCUT2D eigenvalue weighted by Crippen LogP contribution is 2.21. The molecule has 0 bridgehead atoms. The van der Waals surface area contributed by atoms with Crippen molar-refractivity contribution < 1.29 is 14.7 Å². The third kappa shape index (κ3) is 6.42. The number of nitrogens with one attached hydrogen (secondary N) is 1. The molecule has 2 N–H and O–H groups in total. The summed E-state index contributed by atoms with van der Waals surface area (Å²) in [6.07, 6.45) is 10.4. The van der Waals surface area contributed by atoms with Gasteiger partial charge in [-0.15, -0.1) is 0 Å². The number of amides is 2. The van der Waals surface area contributed by atoms with E-state index in [2.05, 4.69) is 5.32 Å². The molecule has 1 saturated heterocycles. The maximum atomic E-state index is 12.3. The molecule has 1 saturated carbocycles. The van der Waals surface area contributed by atoms with Gasteiger partial charge in [0.15, 0.2) is 0 Å². The van der Waals surface area contributed by atoms with E-state index in [1.54, 1.807) is 0 Å². The average molecular weight is 338 g/mol. The molecular weight excluding hydrogens is 304 g/mol. The molecule has 2 fully saturated rings. The van der Waals surface area contributed by atoms with Gasteiger partial charge in [0.1, 0.15) is 0 Å². The molecule has 0 aromatic rings. The van der Waals surface area contributed by atoms with E-state index in [9.17, 15) is 14.7 Å². The van der Waals surface area contributed by atoms with E-state index in [4.69, 9.17) is 0 Å². The summed E-state index contributed by atoms with van der Waals surface area (Å²) in [4.78, 5) is 26.2. The number of aliphatic hydroxyl groups is 1. The second-order valence-corrected chi connectivity index (χ2v) is 7.57. The van der Waals surface area contributed by atoms with Gasteiger partial charge in [-0.2, -0.15) is 0 Å². The van der Waals surface area contributed by atoms with E-state index in [-0.39, 0.29) is 17.9 Å². The van der Waals surface area contributed by atoms with Gasteiger partial charge in [-0.1, -0.05) is 32.1 Å². The Morgan fingerprint density at radius 3 is 2.17 bits per heavy atom. The van der Waals surface area contributed by atoms with Crippen molar-refractivity contribution in [2.45, 2.75) is 89.7 Å². The van der Waals surface area contributed by atoms with Crippen LogP contribution in [-0.4, -0.2) is 47.1 Å². The van der Waals surface area contributed by atoms with Crippen LogP contribution in [0.3, 0.4) is 0 Å². The lowest BCUT2D eigenvalue weighted by Gasteiger charge is -2.33. The van der Waals surface area contributed by atoms with Gasteiger partial charge in [0.05, 0.1) is 6.10 Å². The molecule has 0 aromatic carbocycles. The molecule has 0 aromatic heterocycles. The third-order valence-electron chi connectivity index (χ3n) is 5.61. The zero-order valence-electron chi connectivity index (χ0n) is 15.1. The van der Waals surface area contributed by atoms with Crippen molar-refractivity contribution >= 4 is 11.8 Å².